The Morgan fingerprint density at radius 3 is 2.43 bits per heavy atom. The van der Waals surface area contributed by atoms with Gasteiger partial charge in [-0.1, -0.05) is 13.3 Å². The Morgan fingerprint density at radius 1 is 1.50 bits per heavy atom. The number of hydrogen-bond donors (Lipinski definition) is 3. The number of carbonyl (C=O) groups excluding carboxylic acids is 1. The first kappa shape index (κ1) is 12.9. The van der Waals surface area contributed by atoms with Gasteiger partial charge in [0.15, 0.2) is 0 Å². The summed E-state index contributed by atoms with van der Waals surface area (Å²) in [5, 5.41) is 11.0. The second-order valence-corrected chi connectivity index (χ2v) is 3.29. The lowest BCUT2D eigenvalue weighted by molar-refractivity contribution is -0.141. The van der Waals surface area contributed by atoms with E-state index in [-0.39, 0.29) is 18.4 Å². The highest BCUT2D eigenvalue weighted by molar-refractivity contribution is 5.84. The van der Waals surface area contributed by atoms with Crippen molar-refractivity contribution in [3.05, 3.63) is 0 Å². The van der Waals surface area contributed by atoms with Crippen molar-refractivity contribution >= 4 is 11.9 Å². The fourth-order valence-electron chi connectivity index (χ4n) is 1.10. The second-order valence-electron chi connectivity index (χ2n) is 3.29. The molecule has 14 heavy (non-hydrogen) atoms. The Labute approximate surface area is 83.7 Å². The molecule has 0 spiro atoms. The van der Waals surface area contributed by atoms with Crippen LogP contribution in [0.25, 0.3) is 0 Å². The van der Waals surface area contributed by atoms with E-state index < -0.39 is 12.0 Å². The van der Waals surface area contributed by atoms with Crippen LogP contribution in [-0.4, -0.2) is 29.6 Å². The zero-order chi connectivity index (χ0) is 11.1. The van der Waals surface area contributed by atoms with Gasteiger partial charge >= 0.3 is 5.97 Å². The van der Waals surface area contributed by atoms with E-state index in [0.29, 0.717) is 6.42 Å². The summed E-state index contributed by atoms with van der Waals surface area (Å²) in [4.78, 5) is 21.9. The van der Waals surface area contributed by atoms with Crippen LogP contribution in [0.2, 0.25) is 0 Å². The molecule has 0 aliphatic heterocycles. The van der Waals surface area contributed by atoms with Gasteiger partial charge in [-0.05, 0) is 13.3 Å². The van der Waals surface area contributed by atoms with Crippen LogP contribution >= 0.6 is 0 Å². The smallest absolute Gasteiger partial charge is 0.325 e. The number of carboxylic acid groups (broad SMARTS) is 1. The van der Waals surface area contributed by atoms with Gasteiger partial charge in [0.2, 0.25) is 5.91 Å². The van der Waals surface area contributed by atoms with Gasteiger partial charge in [-0.15, -0.1) is 0 Å². The van der Waals surface area contributed by atoms with Crippen LogP contribution in [0.4, 0.5) is 0 Å². The molecule has 0 radical (unpaired) electrons. The second kappa shape index (κ2) is 6.37. The largest absolute Gasteiger partial charge is 0.480 e. The van der Waals surface area contributed by atoms with Crippen molar-refractivity contribution in [3.8, 4) is 0 Å². The van der Waals surface area contributed by atoms with Crippen molar-refractivity contribution in [2.24, 2.45) is 11.7 Å². The highest BCUT2D eigenvalue weighted by Crippen LogP contribution is 2.04. The third-order valence-corrected chi connectivity index (χ3v) is 2.02. The van der Waals surface area contributed by atoms with Crippen molar-refractivity contribution in [3.63, 3.8) is 0 Å². The molecular formula is C9H18N2O3. The molecule has 5 nitrogen and oxygen atoms in total. The van der Waals surface area contributed by atoms with Gasteiger partial charge < -0.3 is 16.2 Å². The molecule has 0 aromatic carbocycles. The Hall–Kier alpha value is -1.10. The Kier molecular flexibility index (Phi) is 5.87. The first-order chi connectivity index (χ1) is 6.52. The van der Waals surface area contributed by atoms with Crippen molar-refractivity contribution in [2.45, 2.75) is 32.7 Å². The van der Waals surface area contributed by atoms with E-state index in [1.807, 2.05) is 6.92 Å². The average molecular weight is 202 g/mol. The summed E-state index contributed by atoms with van der Waals surface area (Å²) < 4.78 is 0. The van der Waals surface area contributed by atoms with E-state index in [9.17, 15) is 9.59 Å². The summed E-state index contributed by atoms with van der Waals surface area (Å²) >= 11 is 0. The molecule has 0 saturated carbocycles. The molecule has 0 saturated heterocycles. The minimum absolute atomic E-state index is 0.256. The minimum atomic E-state index is -1.04. The lowest BCUT2D eigenvalue weighted by atomic mass is 10.0. The van der Waals surface area contributed by atoms with Gasteiger partial charge in [-0.3, -0.25) is 9.59 Å². The van der Waals surface area contributed by atoms with Crippen LogP contribution < -0.4 is 11.1 Å². The molecule has 4 N–H and O–H groups in total. The highest BCUT2D eigenvalue weighted by Gasteiger charge is 2.20. The topological polar surface area (TPSA) is 92.4 Å². The lowest BCUT2D eigenvalue weighted by Gasteiger charge is -2.15. The average Bonchev–Trinajstić information content (AvgIpc) is 2.13. The Balaban J connectivity index is 4.09. The summed E-state index contributed by atoms with van der Waals surface area (Å²) in [6.07, 6.45) is 1.55. The fourth-order valence-corrected chi connectivity index (χ4v) is 1.10. The van der Waals surface area contributed by atoms with Gasteiger partial charge in [-0.25, -0.2) is 0 Å². The van der Waals surface area contributed by atoms with E-state index in [0.717, 1.165) is 6.42 Å². The number of hydrogen-bond acceptors (Lipinski definition) is 3. The van der Waals surface area contributed by atoms with Gasteiger partial charge in [0, 0.05) is 6.54 Å². The number of nitrogens with one attached hydrogen (secondary N) is 1. The minimum Gasteiger partial charge on any atom is -0.480 e. The van der Waals surface area contributed by atoms with Crippen LogP contribution in [0.1, 0.15) is 26.7 Å². The molecule has 0 fully saturated rings. The summed E-state index contributed by atoms with van der Waals surface area (Å²) in [7, 11) is 0. The lowest BCUT2D eigenvalue weighted by Crippen LogP contribution is -2.43. The molecule has 1 amide bonds. The number of aliphatic carboxylic acids is 1. The molecule has 2 atom stereocenters. The third kappa shape index (κ3) is 4.23. The SMILES string of the molecule is CCCC(CN)C(=O)NC(C)C(=O)O. The fraction of sp³-hybridized carbons (Fsp3) is 0.778. The number of carbonyl (C=O) groups is 2. The summed E-state index contributed by atoms with van der Waals surface area (Å²) in [5.74, 6) is -1.59. The summed E-state index contributed by atoms with van der Waals surface area (Å²) in [5.41, 5.74) is 5.40. The van der Waals surface area contributed by atoms with Crippen LogP contribution in [0.5, 0.6) is 0 Å². The quantitative estimate of drug-likeness (QED) is 0.563. The van der Waals surface area contributed by atoms with Gasteiger partial charge in [-0.2, -0.15) is 0 Å². The van der Waals surface area contributed by atoms with Gasteiger partial charge in [0.05, 0.1) is 5.92 Å². The van der Waals surface area contributed by atoms with E-state index in [1.54, 1.807) is 0 Å². The van der Waals surface area contributed by atoms with E-state index in [1.165, 1.54) is 6.92 Å². The molecule has 5 heteroatoms. The summed E-state index contributed by atoms with van der Waals surface area (Å²) in [6, 6.07) is -0.853. The maximum absolute atomic E-state index is 11.4. The standard InChI is InChI=1S/C9H18N2O3/c1-3-4-7(5-10)8(12)11-6(2)9(13)14/h6-7H,3-5,10H2,1-2H3,(H,11,12)(H,13,14). The Morgan fingerprint density at radius 2 is 2.07 bits per heavy atom. The molecule has 2 unspecified atom stereocenters. The normalized spacial score (nSPS) is 14.5. The van der Waals surface area contributed by atoms with Crippen molar-refractivity contribution in [2.75, 3.05) is 6.54 Å². The number of amides is 1. The monoisotopic (exact) mass is 202 g/mol. The predicted octanol–water partition coefficient (Wildman–Crippen LogP) is -0.0493. The van der Waals surface area contributed by atoms with Crippen LogP contribution in [-0.2, 0) is 9.59 Å². The number of carboxylic acids is 1. The molecule has 82 valence electrons. The van der Waals surface area contributed by atoms with Crippen LogP contribution in [0, 0.1) is 5.92 Å². The van der Waals surface area contributed by atoms with Crippen LogP contribution in [0.15, 0.2) is 0 Å². The zero-order valence-corrected chi connectivity index (χ0v) is 8.62. The maximum atomic E-state index is 11.4. The van der Waals surface area contributed by atoms with E-state index in [2.05, 4.69) is 5.32 Å². The molecular weight excluding hydrogens is 184 g/mol. The van der Waals surface area contributed by atoms with Crippen LogP contribution in [0.3, 0.4) is 0 Å². The van der Waals surface area contributed by atoms with Crippen molar-refractivity contribution in [1.29, 1.82) is 0 Å². The van der Waals surface area contributed by atoms with Crippen molar-refractivity contribution in [1.82, 2.24) is 5.32 Å². The van der Waals surface area contributed by atoms with Gasteiger partial charge in [0.1, 0.15) is 6.04 Å². The molecule has 0 aliphatic rings. The van der Waals surface area contributed by atoms with E-state index >= 15 is 0 Å². The predicted molar refractivity (Wildman–Crippen MR) is 52.7 cm³/mol. The molecule has 0 bridgehead atoms. The Bertz CT molecular complexity index is 206. The first-order valence-electron chi connectivity index (χ1n) is 4.76. The molecule has 0 aromatic rings. The molecule has 0 aromatic heterocycles. The summed E-state index contributed by atoms with van der Waals surface area (Å²) in [6.45, 7) is 3.64. The van der Waals surface area contributed by atoms with E-state index in [4.69, 9.17) is 10.8 Å². The highest BCUT2D eigenvalue weighted by atomic mass is 16.4. The molecule has 0 rings (SSSR count). The van der Waals surface area contributed by atoms with Gasteiger partial charge in [0.25, 0.3) is 0 Å². The van der Waals surface area contributed by atoms with Crippen molar-refractivity contribution < 1.29 is 14.7 Å². The molecule has 0 heterocycles. The number of nitrogens with two attached hydrogens (primary N) is 1. The number of rotatable bonds is 6. The third-order valence-electron chi connectivity index (χ3n) is 2.02. The molecule has 0 aliphatic carbocycles. The maximum Gasteiger partial charge on any atom is 0.325 e. The first-order valence-corrected chi connectivity index (χ1v) is 4.76. The zero-order valence-electron chi connectivity index (χ0n) is 8.62.